The van der Waals surface area contributed by atoms with Crippen molar-refractivity contribution in [2.24, 2.45) is 17.8 Å². The van der Waals surface area contributed by atoms with E-state index in [1.165, 1.54) is 32.1 Å². The van der Waals surface area contributed by atoms with Crippen molar-refractivity contribution in [1.29, 1.82) is 0 Å². The maximum absolute atomic E-state index is 5.83. The van der Waals surface area contributed by atoms with Gasteiger partial charge in [0.15, 0.2) is 0 Å². The largest absolute Gasteiger partial charge is 0.378 e. The summed E-state index contributed by atoms with van der Waals surface area (Å²) in [4.78, 5) is 0. The summed E-state index contributed by atoms with van der Waals surface area (Å²) in [5.41, 5.74) is 0. The first kappa shape index (κ1) is 9.51. The van der Waals surface area contributed by atoms with Crippen molar-refractivity contribution in [3.8, 4) is 0 Å². The predicted molar refractivity (Wildman–Crippen MR) is 54.6 cm³/mol. The van der Waals surface area contributed by atoms with E-state index in [2.05, 4.69) is 0 Å². The number of rotatable bonds is 0. The third-order valence-electron chi connectivity index (χ3n) is 3.76. The van der Waals surface area contributed by atoms with Gasteiger partial charge >= 0.3 is 0 Å². The van der Waals surface area contributed by atoms with Crippen LogP contribution in [-0.4, -0.2) is 12.7 Å². The van der Waals surface area contributed by atoms with E-state index in [1.807, 2.05) is 13.8 Å². The zero-order valence-corrected chi connectivity index (χ0v) is 8.96. The molecule has 4 bridgehead atoms. The highest BCUT2D eigenvalue weighted by atomic mass is 16.5. The normalized spacial score (nSPS) is 46.6. The van der Waals surface area contributed by atoms with E-state index < -0.39 is 0 Å². The highest BCUT2D eigenvalue weighted by Gasteiger charge is 2.39. The standard InChI is InChI=1S/C10H16O.C2H6/c1-7-2-9-3-8(1)5-10(4-7)11-6-9;1-2/h7-10H,1-6H2;1-2H3. The SMILES string of the molecule is C1OC2CC3CC1CC(C3)C2.CC. The minimum Gasteiger partial charge on any atom is -0.378 e. The Kier molecular flexibility index (Phi) is 2.92. The monoisotopic (exact) mass is 182 g/mol. The summed E-state index contributed by atoms with van der Waals surface area (Å²) in [5.74, 6) is 3.02. The van der Waals surface area contributed by atoms with Gasteiger partial charge in [-0.2, -0.15) is 0 Å². The zero-order valence-electron chi connectivity index (χ0n) is 8.96. The topological polar surface area (TPSA) is 9.23 Å². The third-order valence-corrected chi connectivity index (χ3v) is 3.76. The van der Waals surface area contributed by atoms with Crippen LogP contribution in [0.3, 0.4) is 0 Å². The Morgan fingerprint density at radius 3 is 1.92 bits per heavy atom. The van der Waals surface area contributed by atoms with Gasteiger partial charge in [-0.15, -0.1) is 0 Å². The molecule has 13 heavy (non-hydrogen) atoms. The van der Waals surface area contributed by atoms with Crippen LogP contribution in [0.2, 0.25) is 0 Å². The minimum absolute atomic E-state index is 0.659. The average molecular weight is 182 g/mol. The molecule has 0 amide bonds. The van der Waals surface area contributed by atoms with Crippen molar-refractivity contribution in [2.75, 3.05) is 6.61 Å². The maximum Gasteiger partial charge on any atom is 0.0580 e. The predicted octanol–water partition coefficient (Wildman–Crippen LogP) is 3.24. The van der Waals surface area contributed by atoms with E-state index in [0.717, 1.165) is 24.4 Å². The molecular weight excluding hydrogens is 160 g/mol. The summed E-state index contributed by atoms with van der Waals surface area (Å²) in [6.07, 6.45) is 7.90. The molecule has 0 aromatic heterocycles. The fourth-order valence-electron chi connectivity index (χ4n) is 3.47. The van der Waals surface area contributed by atoms with Crippen molar-refractivity contribution in [3.63, 3.8) is 0 Å². The number of hydrogen-bond donors (Lipinski definition) is 0. The Hall–Kier alpha value is -0.0400. The molecule has 4 rings (SSSR count). The molecule has 0 aromatic rings. The van der Waals surface area contributed by atoms with Crippen LogP contribution in [0.15, 0.2) is 0 Å². The van der Waals surface area contributed by atoms with Gasteiger partial charge in [0.25, 0.3) is 0 Å². The summed E-state index contributed by atoms with van der Waals surface area (Å²) in [7, 11) is 0. The third kappa shape index (κ3) is 1.90. The van der Waals surface area contributed by atoms with E-state index in [1.54, 1.807) is 0 Å². The van der Waals surface area contributed by atoms with Crippen molar-refractivity contribution in [2.45, 2.75) is 52.1 Å². The second-order valence-electron chi connectivity index (χ2n) is 4.73. The first-order valence-corrected chi connectivity index (χ1v) is 6.02. The van der Waals surface area contributed by atoms with Crippen LogP contribution in [0.25, 0.3) is 0 Å². The van der Waals surface area contributed by atoms with Crippen LogP contribution in [0.5, 0.6) is 0 Å². The lowest BCUT2D eigenvalue weighted by Gasteiger charge is -2.36. The molecule has 2 saturated heterocycles. The first-order valence-electron chi connectivity index (χ1n) is 6.02. The molecule has 4 fully saturated rings. The molecule has 4 aliphatic rings. The van der Waals surface area contributed by atoms with Crippen LogP contribution in [0, 0.1) is 17.8 Å². The van der Waals surface area contributed by atoms with E-state index >= 15 is 0 Å². The molecule has 1 heteroatoms. The number of fused-ring (bicyclic) bond motifs is 1. The average Bonchev–Trinajstić information content (AvgIpc) is 2.37. The smallest absolute Gasteiger partial charge is 0.0580 e. The maximum atomic E-state index is 5.83. The Bertz CT molecular complexity index is 133. The van der Waals surface area contributed by atoms with Gasteiger partial charge in [0.2, 0.25) is 0 Å². The molecule has 0 aromatic carbocycles. The summed E-state index contributed by atoms with van der Waals surface area (Å²) in [6, 6.07) is 0. The van der Waals surface area contributed by atoms with Gasteiger partial charge in [-0.05, 0) is 49.9 Å². The summed E-state index contributed by atoms with van der Waals surface area (Å²) >= 11 is 0. The van der Waals surface area contributed by atoms with Crippen LogP contribution in [0.1, 0.15) is 46.0 Å². The molecule has 2 unspecified atom stereocenters. The summed E-state index contributed by atoms with van der Waals surface area (Å²) < 4.78 is 5.83. The molecule has 0 spiro atoms. The van der Waals surface area contributed by atoms with Gasteiger partial charge in [0, 0.05) is 6.61 Å². The Labute approximate surface area is 81.9 Å². The fourth-order valence-corrected chi connectivity index (χ4v) is 3.47. The lowest BCUT2D eigenvalue weighted by atomic mass is 9.68. The van der Waals surface area contributed by atoms with E-state index in [4.69, 9.17) is 4.74 Å². The van der Waals surface area contributed by atoms with E-state index in [9.17, 15) is 0 Å². The molecule has 1 nitrogen and oxygen atoms in total. The van der Waals surface area contributed by atoms with Crippen molar-refractivity contribution in [3.05, 3.63) is 0 Å². The van der Waals surface area contributed by atoms with Gasteiger partial charge in [0.1, 0.15) is 0 Å². The second kappa shape index (κ2) is 4.00. The van der Waals surface area contributed by atoms with Gasteiger partial charge in [-0.1, -0.05) is 13.8 Å². The van der Waals surface area contributed by atoms with Crippen molar-refractivity contribution < 1.29 is 4.74 Å². The highest BCUT2D eigenvalue weighted by Crippen LogP contribution is 2.46. The lowest BCUT2D eigenvalue weighted by Crippen LogP contribution is -2.29. The van der Waals surface area contributed by atoms with Gasteiger partial charge < -0.3 is 4.74 Å². The van der Waals surface area contributed by atoms with E-state index in [0.29, 0.717) is 6.10 Å². The Balaban J connectivity index is 0.000000308. The van der Waals surface area contributed by atoms with Gasteiger partial charge in [0.05, 0.1) is 6.10 Å². The quantitative estimate of drug-likeness (QED) is 0.559. The lowest BCUT2D eigenvalue weighted by molar-refractivity contribution is 0.0309. The molecule has 2 saturated carbocycles. The molecule has 2 aliphatic heterocycles. The van der Waals surface area contributed by atoms with Crippen molar-refractivity contribution in [1.82, 2.24) is 0 Å². The molecule has 76 valence electrons. The van der Waals surface area contributed by atoms with Crippen LogP contribution >= 0.6 is 0 Å². The fraction of sp³-hybridized carbons (Fsp3) is 1.00. The first-order chi connectivity index (χ1) is 6.40. The van der Waals surface area contributed by atoms with Gasteiger partial charge in [-0.3, -0.25) is 0 Å². The molecule has 2 atom stereocenters. The minimum atomic E-state index is 0.659. The van der Waals surface area contributed by atoms with Gasteiger partial charge in [-0.25, -0.2) is 0 Å². The van der Waals surface area contributed by atoms with Crippen LogP contribution in [0.4, 0.5) is 0 Å². The van der Waals surface area contributed by atoms with Crippen molar-refractivity contribution >= 4 is 0 Å². The molecular formula is C12H22O. The summed E-state index contributed by atoms with van der Waals surface area (Å²) in [5, 5.41) is 0. The Morgan fingerprint density at radius 2 is 1.31 bits per heavy atom. The molecule has 2 aliphatic carbocycles. The van der Waals surface area contributed by atoms with Crippen LogP contribution < -0.4 is 0 Å². The summed E-state index contributed by atoms with van der Waals surface area (Å²) in [6.45, 7) is 5.08. The number of hydrogen-bond acceptors (Lipinski definition) is 1. The zero-order chi connectivity index (χ0) is 9.26. The highest BCUT2D eigenvalue weighted by molar-refractivity contribution is 4.89. The molecule has 0 radical (unpaired) electrons. The number of ether oxygens (including phenoxy) is 1. The Morgan fingerprint density at radius 1 is 0.769 bits per heavy atom. The molecule has 2 heterocycles. The van der Waals surface area contributed by atoms with E-state index in [-0.39, 0.29) is 0 Å². The molecule has 0 N–H and O–H groups in total. The second-order valence-corrected chi connectivity index (χ2v) is 4.73. The van der Waals surface area contributed by atoms with Crippen LogP contribution in [-0.2, 0) is 4.74 Å².